The minimum absolute atomic E-state index is 0.0515. The Morgan fingerprint density at radius 2 is 2.05 bits per heavy atom. The highest BCUT2D eigenvalue weighted by molar-refractivity contribution is 14.1. The fraction of sp³-hybridized carbons (Fsp3) is 0.133. The highest BCUT2D eigenvalue weighted by Crippen LogP contribution is 2.21. The van der Waals surface area contributed by atoms with Crippen LogP contribution in [0.2, 0.25) is 0 Å². The highest BCUT2D eigenvalue weighted by atomic mass is 127. The van der Waals surface area contributed by atoms with Gasteiger partial charge in [0.25, 0.3) is 5.69 Å². The Labute approximate surface area is 141 Å². The molecule has 0 saturated carbocycles. The molecule has 0 amide bonds. The van der Waals surface area contributed by atoms with Crippen LogP contribution < -0.4 is 10.2 Å². The Hall–Kier alpha value is -2.16. The zero-order valence-corrected chi connectivity index (χ0v) is 14.0. The molecule has 2 aromatic carbocycles. The molecule has 0 spiro atoms. The number of ether oxygens (including phenoxy) is 1. The number of nitro groups is 1. The molecule has 2 rings (SSSR count). The molecular weight excluding hydrogens is 397 g/mol. The van der Waals surface area contributed by atoms with E-state index in [4.69, 9.17) is 4.74 Å². The normalized spacial score (nSPS) is 10.6. The number of rotatable bonds is 6. The topological polar surface area (TPSA) is 76.8 Å². The second kappa shape index (κ2) is 7.74. The van der Waals surface area contributed by atoms with Crippen molar-refractivity contribution in [3.05, 3.63) is 61.7 Å². The molecule has 0 bridgehead atoms. The first kappa shape index (κ1) is 16.2. The zero-order valence-electron chi connectivity index (χ0n) is 11.8. The van der Waals surface area contributed by atoms with Crippen molar-refractivity contribution < 1.29 is 9.66 Å². The molecule has 0 aromatic heterocycles. The SMILES string of the molecule is CCOc1ccc(/C=N/Nc2ccc([N+](=O)[O-])cc2)cc1I. The maximum Gasteiger partial charge on any atom is 0.269 e. The standard InChI is InChI=1S/C15H14IN3O3/c1-2-22-15-8-3-11(9-14(15)16)10-17-18-12-4-6-13(7-5-12)19(20)21/h3-10,18H,2H2,1H3/b17-10+. The lowest BCUT2D eigenvalue weighted by Crippen LogP contribution is -1.95. The maximum absolute atomic E-state index is 10.6. The van der Waals surface area contributed by atoms with Crippen LogP contribution in [-0.4, -0.2) is 17.7 Å². The van der Waals surface area contributed by atoms with Gasteiger partial charge in [0.1, 0.15) is 5.75 Å². The lowest BCUT2D eigenvalue weighted by atomic mass is 10.2. The summed E-state index contributed by atoms with van der Waals surface area (Å²) in [6, 6.07) is 11.9. The van der Waals surface area contributed by atoms with Gasteiger partial charge in [-0.3, -0.25) is 15.5 Å². The molecule has 6 nitrogen and oxygen atoms in total. The minimum atomic E-state index is -0.436. The van der Waals surface area contributed by atoms with Crippen molar-refractivity contribution in [1.82, 2.24) is 0 Å². The third-order valence-corrected chi connectivity index (χ3v) is 3.58. The van der Waals surface area contributed by atoms with Crippen LogP contribution in [0.25, 0.3) is 0 Å². The smallest absolute Gasteiger partial charge is 0.269 e. The summed E-state index contributed by atoms with van der Waals surface area (Å²) in [5.41, 5.74) is 4.50. The molecule has 0 unspecified atom stereocenters. The van der Waals surface area contributed by atoms with Gasteiger partial charge in [-0.15, -0.1) is 0 Å². The van der Waals surface area contributed by atoms with Gasteiger partial charge >= 0.3 is 0 Å². The fourth-order valence-corrected chi connectivity index (χ4v) is 2.40. The molecular formula is C15H14IN3O3. The van der Waals surface area contributed by atoms with Crippen molar-refractivity contribution in [2.24, 2.45) is 5.10 Å². The molecule has 0 aliphatic rings. The van der Waals surface area contributed by atoms with Crippen molar-refractivity contribution in [1.29, 1.82) is 0 Å². The molecule has 0 atom stereocenters. The number of anilines is 1. The summed E-state index contributed by atoms with van der Waals surface area (Å²) in [7, 11) is 0. The summed E-state index contributed by atoms with van der Waals surface area (Å²) < 4.78 is 6.49. The second-order valence-electron chi connectivity index (χ2n) is 4.30. The summed E-state index contributed by atoms with van der Waals surface area (Å²) in [5, 5.41) is 14.7. The van der Waals surface area contributed by atoms with Crippen molar-refractivity contribution >= 4 is 40.2 Å². The fourth-order valence-electron chi connectivity index (χ4n) is 1.71. The Morgan fingerprint density at radius 1 is 1.32 bits per heavy atom. The van der Waals surface area contributed by atoms with E-state index in [9.17, 15) is 10.1 Å². The van der Waals surface area contributed by atoms with Crippen LogP contribution in [0.3, 0.4) is 0 Å². The van der Waals surface area contributed by atoms with Crippen molar-refractivity contribution in [3.8, 4) is 5.75 Å². The summed E-state index contributed by atoms with van der Waals surface area (Å²) in [5.74, 6) is 0.851. The third-order valence-electron chi connectivity index (χ3n) is 2.74. The Kier molecular flexibility index (Phi) is 5.70. The molecule has 2 aromatic rings. The van der Waals surface area contributed by atoms with Crippen LogP contribution in [0.5, 0.6) is 5.75 Å². The first-order valence-electron chi connectivity index (χ1n) is 6.56. The van der Waals surface area contributed by atoms with Crippen LogP contribution in [-0.2, 0) is 0 Å². The number of benzene rings is 2. The van der Waals surface area contributed by atoms with Gasteiger partial charge in [0.2, 0.25) is 0 Å². The average Bonchev–Trinajstić information content (AvgIpc) is 2.50. The van der Waals surface area contributed by atoms with E-state index in [0.717, 1.165) is 14.9 Å². The number of non-ortho nitro benzene ring substituents is 1. The Morgan fingerprint density at radius 3 is 2.64 bits per heavy atom. The van der Waals surface area contributed by atoms with Crippen LogP contribution in [0, 0.1) is 13.7 Å². The summed E-state index contributed by atoms with van der Waals surface area (Å²) >= 11 is 2.21. The van der Waals surface area contributed by atoms with Crippen LogP contribution >= 0.6 is 22.6 Å². The predicted molar refractivity (Wildman–Crippen MR) is 94.6 cm³/mol. The third kappa shape index (κ3) is 4.42. The quantitative estimate of drug-likeness (QED) is 0.337. The van der Waals surface area contributed by atoms with Crippen molar-refractivity contribution in [3.63, 3.8) is 0 Å². The van der Waals surface area contributed by atoms with Gasteiger partial charge in [-0.2, -0.15) is 5.10 Å². The van der Waals surface area contributed by atoms with Crippen molar-refractivity contribution in [2.75, 3.05) is 12.0 Å². The van der Waals surface area contributed by atoms with E-state index in [1.165, 1.54) is 12.1 Å². The lowest BCUT2D eigenvalue weighted by Gasteiger charge is -2.06. The molecule has 0 radical (unpaired) electrons. The first-order chi connectivity index (χ1) is 10.6. The summed E-state index contributed by atoms with van der Waals surface area (Å²) in [4.78, 5) is 10.1. The van der Waals surface area contributed by atoms with E-state index in [0.29, 0.717) is 12.3 Å². The van der Waals surface area contributed by atoms with Gasteiger partial charge in [-0.1, -0.05) is 0 Å². The second-order valence-corrected chi connectivity index (χ2v) is 5.46. The molecule has 22 heavy (non-hydrogen) atoms. The lowest BCUT2D eigenvalue weighted by molar-refractivity contribution is -0.384. The van der Waals surface area contributed by atoms with E-state index in [-0.39, 0.29) is 5.69 Å². The molecule has 114 valence electrons. The molecule has 0 aliphatic heterocycles. The summed E-state index contributed by atoms with van der Waals surface area (Å²) in [6.07, 6.45) is 1.68. The van der Waals surface area contributed by atoms with Gasteiger partial charge in [0.15, 0.2) is 0 Å². The van der Waals surface area contributed by atoms with Crippen LogP contribution in [0.15, 0.2) is 47.6 Å². The monoisotopic (exact) mass is 411 g/mol. The van der Waals surface area contributed by atoms with E-state index in [2.05, 4.69) is 33.1 Å². The number of hydrogen-bond donors (Lipinski definition) is 1. The van der Waals surface area contributed by atoms with Gasteiger partial charge in [-0.25, -0.2) is 0 Å². The number of nitro benzene ring substituents is 1. The highest BCUT2D eigenvalue weighted by Gasteiger charge is 2.03. The number of halogens is 1. The largest absolute Gasteiger partial charge is 0.493 e. The van der Waals surface area contributed by atoms with E-state index in [1.54, 1.807) is 18.3 Å². The number of hydrazone groups is 1. The van der Waals surface area contributed by atoms with Crippen molar-refractivity contribution in [2.45, 2.75) is 6.92 Å². The molecule has 0 saturated heterocycles. The molecule has 0 fully saturated rings. The minimum Gasteiger partial charge on any atom is -0.493 e. The number of nitrogens with one attached hydrogen (secondary N) is 1. The predicted octanol–water partition coefficient (Wildman–Crippen LogP) is 4.04. The zero-order chi connectivity index (χ0) is 15.9. The molecule has 1 N–H and O–H groups in total. The van der Waals surface area contributed by atoms with Gasteiger partial charge in [-0.05, 0) is 65.4 Å². The molecule has 0 aliphatic carbocycles. The first-order valence-corrected chi connectivity index (χ1v) is 7.64. The van der Waals surface area contributed by atoms with Gasteiger partial charge < -0.3 is 4.74 Å². The molecule has 0 heterocycles. The van der Waals surface area contributed by atoms with Crippen LogP contribution in [0.4, 0.5) is 11.4 Å². The average molecular weight is 411 g/mol. The van der Waals surface area contributed by atoms with E-state index >= 15 is 0 Å². The van der Waals surface area contributed by atoms with Crippen LogP contribution in [0.1, 0.15) is 12.5 Å². The Bertz CT molecular complexity index is 687. The molecule has 7 heteroatoms. The number of hydrogen-bond acceptors (Lipinski definition) is 5. The Balaban J connectivity index is 2.00. The van der Waals surface area contributed by atoms with E-state index < -0.39 is 4.92 Å². The maximum atomic E-state index is 10.6. The van der Waals surface area contributed by atoms with Gasteiger partial charge in [0.05, 0.1) is 27.0 Å². The number of nitrogens with zero attached hydrogens (tertiary/aromatic N) is 2. The van der Waals surface area contributed by atoms with Gasteiger partial charge in [0, 0.05) is 12.1 Å². The van der Waals surface area contributed by atoms with E-state index in [1.807, 2.05) is 25.1 Å². The summed E-state index contributed by atoms with van der Waals surface area (Å²) in [6.45, 7) is 2.57.